The van der Waals surface area contributed by atoms with Crippen LogP contribution in [-0.4, -0.2) is 54.1 Å². The molecule has 2 amide bonds. The number of halogens is 2. The van der Waals surface area contributed by atoms with Crippen molar-refractivity contribution in [2.45, 2.75) is 36.5 Å². The number of carbonyl (C=O) groups is 2. The zero-order chi connectivity index (χ0) is 30.2. The van der Waals surface area contributed by atoms with Crippen LogP contribution < -0.4 is 5.32 Å². The fourth-order valence-corrected chi connectivity index (χ4v) is 7.50. The molecule has 2 N–H and O–H groups in total. The van der Waals surface area contributed by atoms with E-state index in [4.69, 9.17) is 23.2 Å². The van der Waals surface area contributed by atoms with Gasteiger partial charge in [-0.3, -0.25) is 9.59 Å². The standard InChI is InChI=1S/C31H30Cl2N4O4S/c1-4-36-13-11-20(12-14-36)37(5-2)31(39)24-15-19(3)34-29(24)17-23-22-16-21(9-10-28(22)35-30(23)38)42(40,41)18-25-26(32)7-6-8-27(25)33/h4-10,15-17,20,34H,1-2,11-14,18H2,3H3,(H,35,38)/b23-17-. The number of anilines is 1. The number of aromatic nitrogens is 1. The van der Waals surface area contributed by atoms with E-state index in [9.17, 15) is 18.0 Å². The van der Waals surface area contributed by atoms with Crippen molar-refractivity contribution in [2.24, 2.45) is 0 Å². The number of hydrogen-bond donors (Lipinski definition) is 2. The Morgan fingerprint density at radius 1 is 1.12 bits per heavy atom. The average Bonchev–Trinajstić information content (AvgIpc) is 3.49. The second-order valence-electron chi connectivity index (χ2n) is 10.3. The zero-order valence-electron chi connectivity index (χ0n) is 23.0. The van der Waals surface area contributed by atoms with Crippen molar-refractivity contribution in [1.29, 1.82) is 0 Å². The van der Waals surface area contributed by atoms with E-state index in [0.29, 0.717) is 28.1 Å². The van der Waals surface area contributed by atoms with Gasteiger partial charge >= 0.3 is 0 Å². The van der Waals surface area contributed by atoms with Crippen molar-refractivity contribution in [2.75, 3.05) is 18.4 Å². The highest BCUT2D eigenvalue weighted by atomic mass is 35.5. The number of H-pyrrole nitrogens is 1. The number of aromatic amines is 1. The number of rotatable bonds is 8. The van der Waals surface area contributed by atoms with E-state index in [2.05, 4.69) is 28.4 Å². The molecular weight excluding hydrogens is 595 g/mol. The summed E-state index contributed by atoms with van der Waals surface area (Å²) < 4.78 is 26.8. The average molecular weight is 626 g/mol. The van der Waals surface area contributed by atoms with Crippen molar-refractivity contribution >= 4 is 62.2 Å². The quantitative estimate of drug-likeness (QED) is 0.287. The van der Waals surface area contributed by atoms with E-state index in [1.165, 1.54) is 12.1 Å². The number of hydrogen-bond acceptors (Lipinski definition) is 5. The van der Waals surface area contributed by atoms with E-state index < -0.39 is 21.5 Å². The SMILES string of the molecule is C=CN1CCC(N(C=C)C(=O)c2cc(C)[nH]c2/C=C2\C(=O)Nc3ccc(S(=O)(=O)Cc4c(Cl)cccc4Cl)cc32)CC1. The highest BCUT2D eigenvalue weighted by Crippen LogP contribution is 2.37. The molecule has 1 saturated heterocycles. The lowest BCUT2D eigenvalue weighted by Crippen LogP contribution is -2.43. The normalized spacial score (nSPS) is 16.3. The highest BCUT2D eigenvalue weighted by molar-refractivity contribution is 7.90. The van der Waals surface area contributed by atoms with Crippen LogP contribution in [0.1, 0.15) is 45.7 Å². The van der Waals surface area contributed by atoms with Crippen LogP contribution in [0, 0.1) is 6.92 Å². The lowest BCUT2D eigenvalue weighted by Gasteiger charge is -2.36. The third kappa shape index (κ3) is 5.77. The first-order valence-electron chi connectivity index (χ1n) is 13.4. The van der Waals surface area contributed by atoms with Crippen LogP contribution in [0.4, 0.5) is 5.69 Å². The van der Waals surface area contributed by atoms with Gasteiger partial charge < -0.3 is 20.1 Å². The van der Waals surface area contributed by atoms with Crippen molar-refractivity contribution in [3.63, 3.8) is 0 Å². The van der Waals surface area contributed by atoms with Crippen LogP contribution in [0.25, 0.3) is 11.6 Å². The summed E-state index contributed by atoms with van der Waals surface area (Å²) in [6, 6.07) is 11.0. The van der Waals surface area contributed by atoms with Gasteiger partial charge in [0.25, 0.3) is 11.8 Å². The van der Waals surface area contributed by atoms with Crippen molar-refractivity contribution in [1.82, 2.24) is 14.8 Å². The zero-order valence-corrected chi connectivity index (χ0v) is 25.3. The Morgan fingerprint density at radius 2 is 1.81 bits per heavy atom. The molecule has 2 aliphatic rings. The Kier molecular flexibility index (Phi) is 8.37. The molecule has 0 aliphatic carbocycles. The lowest BCUT2D eigenvalue weighted by molar-refractivity contribution is -0.110. The van der Waals surface area contributed by atoms with Crippen molar-refractivity contribution < 1.29 is 18.0 Å². The molecule has 8 nitrogen and oxygen atoms in total. The van der Waals surface area contributed by atoms with Crippen LogP contribution in [0.5, 0.6) is 0 Å². The molecule has 0 bridgehead atoms. The molecular formula is C31H30Cl2N4O4S. The number of amides is 2. The van der Waals surface area contributed by atoms with E-state index in [0.717, 1.165) is 31.6 Å². The fraction of sp³-hybridized carbons (Fsp3) is 0.226. The number of benzene rings is 2. The largest absolute Gasteiger partial charge is 0.378 e. The number of likely N-dealkylation sites (tertiary alicyclic amines) is 1. The Hall–Kier alpha value is -3.79. The van der Waals surface area contributed by atoms with Crippen LogP contribution >= 0.6 is 23.2 Å². The Morgan fingerprint density at radius 3 is 2.45 bits per heavy atom. The predicted octanol–water partition coefficient (Wildman–Crippen LogP) is 6.29. The molecule has 3 aromatic rings. The summed E-state index contributed by atoms with van der Waals surface area (Å²) in [5.74, 6) is -1.04. The number of sulfone groups is 1. The maximum Gasteiger partial charge on any atom is 0.260 e. The summed E-state index contributed by atoms with van der Waals surface area (Å²) in [6.45, 7) is 11.1. The van der Waals surface area contributed by atoms with Gasteiger partial charge in [-0.2, -0.15) is 0 Å². The number of fused-ring (bicyclic) bond motifs is 1. The van der Waals surface area contributed by atoms with E-state index in [1.807, 2.05) is 13.1 Å². The molecule has 0 atom stereocenters. The van der Waals surface area contributed by atoms with Crippen LogP contribution in [0.3, 0.4) is 0 Å². The first-order chi connectivity index (χ1) is 20.0. The molecule has 0 radical (unpaired) electrons. The number of nitrogens with one attached hydrogen (secondary N) is 2. The first kappa shape index (κ1) is 29.7. The third-order valence-corrected chi connectivity index (χ3v) is 9.96. The van der Waals surface area contributed by atoms with E-state index >= 15 is 0 Å². The summed E-state index contributed by atoms with van der Waals surface area (Å²) in [5, 5.41) is 3.29. The fourth-order valence-electron chi connectivity index (χ4n) is 5.38. The molecule has 11 heteroatoms. The third-order valence-electron chi connectivity index (χ3n) is 7.61. The number of nitrogens with zero attached hydrogens (tertiary/aromatic N) is 2. The van der Waals surface area contributed by atoms with Gasteiger partial charge in [0, 0.05) is 57.9 Å². The highest BCUT2D eigenvalue weighted by Gasteiger charge is 2.31. The second kappa shape index (κ2) is 11.8. The second-order valence-corrected chi connectivity index (χ2v) is 13.1. The molecule has 3 heterocycles. The molecule has 1 fully saturated rings. The Balaban J connectivity index is 1.48. The summed E-state index contributed by atoms with van der Waals surface area (Å²) in [6.07, 6.45) is 6.50. The summed E-state index contributed by atoms with van der Waals surface area (Å²) >= 11 is 12.5. The maximum atomic E-state index is 13.7. The number of carbonyl (C=O) groups excluding carboxylic acids is 2. The lowest BCUT2D eigenvalue weighted by atomic mass is 10.0. The van der Waals surface area contributed by atoms with Gasteiger partial charge in [-0.15, -0.1) is 0 Å². The van der Waals surface area contributed by atoms with E-state index in [1.54, 1.807) is 47.5 Å². The van der Waals surface area contributed by atoms with Gasteiger partial charge in [0.1, 0.15) is 0 Å². The predicted molar refractivity (Wildman–Crippen MR) is 167 cm³/mol. The number of piperidine rings is 1. The molecule has 218 valence electrons. The van der Waals surface area contributed by atoms with E-state index in [-0.39, 0.29) is 32.5 Å². The smallest absolute Gasteiger partial charge is 0.260 e. The van der Waals surface area contributed by atoms with Crippen LogP contribution in [-0.2, 0) is 20.4 Å². The van der Waals surface area contributed by atoms with Gasteiger partial charge in [0.15, 0.2) is 9.84 Å². The molecule has 2 aliphatic heterocycles. The minimum absolute atomic E-state index is 0.0160. The molecule has 0 spiro atoms. The minimum atomic E-state index is -3.87. The molecule has 0 saturated carbocycles. The van der Waals surface area contributed by atoms with Gasteiger partial charge in [0.2, 0.25) is 0 Å². The van der Waals surface area contributed by atoms with Crippen LogP contribution in [0.15, 0.2) is 72.9 Å². The summed E-state index contributed by atoms with van der Waals surface area (Å²) in [4.78, 5) is 33.8. The van der Waals surface area contributed by atoms with Crippen molar-refractivity contribution in [3.05, 3.63) is 106 Å². The van der Waals surface area contributed by atoms with Gasteiger partial charge in [-0.05, 0) is 68.4 Å². The molecule has 1 aromatic heterocycles. The first-order valence-corrected chi connectivity index (χ1v) is 15.8. The van der Waals surface area contributed by atoms with Crippen LogP contribution in [0.2, 0.25) is 10.0 Å². The molecule has 5 rings (SSSR count). The summed E-state index contributed by atoms with van der Waals surface area (Å²) in [5.41, 5.74) is 3.00. The topological polar surface area (TPSA) is 103 Å². The van der Waals surface area contributed by atoms with Gasteiger partial charge in [-0.1, -0.05) is 42.4 Å². The molecule has 42 heavy (non-hydrogen) atoms. The number of aryl methyl sites for hydroxylation is 1. The molecule has 2 aromatic carbocycles. The summed E-state index contributed by atoms with van der Waals surface area (Å²) in [7, 11) is -3.87. The monoisotopic (exact) mass is 624 g/mol. The van der Waals surface area contributed by atoms with Gasteiger partial charge in [0.05, 0.1) is 27.5 Å². The Labute approximate surface area is 255 Å². The Bertz CT molecular complexity index is 1720. The maximum absolute atomic E-state index is 13.7. The molecule has 0 unspecified atom stereocenters. The van der Waals surface area contributed by atoms with Crippen molar-refractivity contribution in [3.8, 4) is 0 Å². The van der Waals surface area contributed by atoms with Gasteiger partial charge in [-0.25, -0.2) is 8.42 Å². The minimum Gasteiger partial charge on any atom is -0.378 e.